The number of aliphatic hydroxyl groups is 1. The van der Waals surface area contributed by atoms with E-state index >= 15 is 0 Å². The second-order valence-electron chi connectivity index (χ2n) is 6.31. The van der Waals surface area contributed by atoms with Crippen LogP contribution in [0.25, 0.3) is 0 Å². The quantitative estimate of drug-likeness (QED) is 0.844. The Bertz CT molecular complexity index is 450. The normalized spacial score (nSPS) is 22.8. The first kappa shape index (κ1) is 14.8. The van der Waals surface area contributed by atoms with Crippen molar-refractivity contribution in [1.29, 1.82) is 0 Å². The number of hydrogen-bond acceptors (Lipinski definition) is 4. The molecule has 1 aliphatic heterocycles. The minimum atomic E-state index is -0.613. The van der Waals surface area contributed by atoms with Crippen molar-refractivity contribution in [2.45, 2.75) is 37.3 Å². The summed E-state index contributed by atoms with van der Waals surface area (Å²) in [5.41, 5.74) is 0.673. The second-order valence-corrected chi connectivity index (χ2v) is 6.31. The van der Waals surface area contributed by atoms with E-state index in [1.54, 1.807) is 7.11 Å². The third-order valence-electron chi connectivity index (χ3n) is 4.64. The van der Waals surface area contributed by atoms with E-state index in [1.807, 2.05) is 12.1 Å². The fourth-order valence-corrected chi connectivity index (χ4v) is 3.03. The average Bonchev–Trinajstić information content (AvgIpc) is 3.34. The van der Waals surface area contributed by atoms with Gasteiger partial charge in [-0.15, -0.1) is 0 Å². The Morgan fingerprint density at radius 1 is 1.29 bits per heavy atom. The highest BCUT2D eigenvalue weighted by Crippen LogP contribution is 2.41. The van der Waals surface area contributed by atoms with Crippen molar-refractivity contribution in [2.24, 2.45) is 5.92 Å². The first-order valence-corrected chi connectivity index (χ1v) is 7.88. The lowest BCUT2D eigenvalue weighted by Crippen LogP contribution is -2.46. The zero-order valence-corrected chi connectivity index (χ0v) is 12.7. The summed E-state index contributed by atoms with van der Waals surface area (Å²) in [6, 6.07) is 8.61. The fraction of sp³-hybridized carbons (Fsp3) is 0.647. The van der Waals surface area contributed by atoms with E-state index in [0.29, 0.717) is 31.7 Å². The van der Waals surface area contributed by atoms with Gasteiger partial charge in [0.1, 0.15) is 5.75 Å². The molecule has 4 heteroatoms. The Kier molecular flexibility index (Phi) is 4.48. The predicted molar refractivity (Wildman–Crippen MR) is 81.5 cm³/mol. The van der Waals surface area contributed by atoms with E-state index in [4.69, 9.17) is 9.47 Å². The van der Waals surface area contributed by atoms with Gasteiger partial charge in [-0.1, -0.05) is 12.1 Å². The molecule has 1 heterocycles. The third kappa shape index (κ3) is 3.76. The van der Waals surface area contributed by atoms with Crippen LogP contribution in [0.15, 0.2) is 24.3 Å². The highest BCUT2D eigenvalue weighted by atomic mass is 16.5. The monoisotopic (exact) mass is 291 g/mol. The molecule has 1 atom stereocenters. The van der Waals surface area contributed by atoms with Crippen LogP contribution in [0.5, 0.6) is 5.75 Å². The number of ether oxygens (including phenoxy) is 2. The van der Waals surface area contributed by atoms with Crippen LogP contribution in [0.4, 0.5) is 0 Å². The van der Waals surface area contributed by atoms with Gasteiger partial charge < -0.3 is 19.9 Å². The molecular weight excluding hydrogens is 266 g/mol. The van der Waals surface area contributed by atoms with Crippen molar-refractivity contribution in [2.75, 3.05) is 26.9 Å². The maximum absolute atomic E-state index is 10.6. The van der Waals surface area contributed by atoms with Crippen molar-refractivity contribution in [3.63, 3.8) is 0 Å². The van der Waals surface area contributed by atoms with Gasteiger partial charge >= 0.3 is 0 Å². The molecule has 0 spiro atoms. The molecule has 3 rings (SSSR count). The van der Waals surface area contributed by atoms with Crippen LogP contribution in [0.3, 0.4) is 0 Å². The van der Waals surface area contributed by atoms with E-state index in [0.717, 1.165) is 18.6 Å². The number of methoxy groups -OCH3 is 1. The van der Waals surface area contributed by atoms with Crippen molar-refractivity contribution in [1.82, 2.24) is 5.32 Å². The Labute approximate surface area is 126 Å². The Morgan fingerprint density at radius 3 is 2.52 bits per heavy atom. The van der Waals surface area contributed by atoms with Gasteiger partial charge in [-0.25, -0.2) is 0 Å². The van der Waals surface area contributed by atoms with Crippen LogP contribution >= 0.6 is 0 Å². The van der Waals surface area contributed by atoms with Gasteiger partial charge in [0.15, 0.2) is 0 Å². The minimum absolute atomic E-state index is 0.336. The topological polar surface area (TPSA) is 50.7 Å². The molecule has 1 aromatic carbocycles. The summed E-state index contributed by atoms with van der Waals surface area (Å²) in [7, 11) is 1.69. The predicted octanol–water partition coefficient (Wildman–Crippen LogP) is 2.28. The van der Waals surface area contributed by atoms with E-state index in [1.165, 1.54) is 18.4 Å². The Hall–Kier alpha value is -1.10. The van der Waals surface area contributed by atoms with E-state index in [2.05, 4.69) is 17.4 Å². The van der Waals surface area contributed by atoms with Crippen LogP contribution in [-0.2, 0) is 4.74 Å². The molecule has 1 aliphatic carbocycles. The van der Waals surface area contributed by atoms with Crippen molar-refractivity contribution < 1.29 is 14.6 Å². The summed E-state index contributed by atoms with van der Waals surface area (Å²) in [4.78, 5) is 0. The standard InChI is InChI=1S/C17H25NO3/c1-20-15-6-4-14(5-7-15)16(13-2-3-13)18-12-17(19)8-10-21-11-9-17/h4-7,13,16,18-19H,2-3,8-12H2,1H3. The summed E-state index contributed by atoms with van der Waals surface area (Å²) < 4.78 is 10.6. The molecule has 0 amide bonds. The lowest BCUT2D eigenvalue weighted by atomic mass is 9.93. The SMILES string of the molecule is COc1ccc(C(NCC2(O)CCOCC2)C2CC2)cc1. The van der Waals surface area contributed by atoms with Gasteiger partial charge in [0.05, 0.1) is 12.7 Å². The molecule has 2 aliphatic rings. The second kappa shape index (κ2) is 6.34. The lowest BCUT2D eigenvalue weighted by Gasteiger charge is -2.34. The number of benzene rings is 1. The molecule has 21 heavy (non-hydrogen) atoms. The molecule has 1 saturated carbocycles. The Balaban J connectivity index is 1.64. The fourth-order valence-electron chi connectivity index (χ4n) is 3.03. The first-order valence-electron chi connectivity index (χ1n) is 7.88. The van der Waals surface area contributed by atoms with Crippen LogP contribution in [0.1, 0.15) is 37.3 Å². The molecule has 0 radical (unpaired) electrons. The Morgan fingerprint density at radius 2 is 1.95 bits per heavy atom. The van der Waals surface area contributed by atoms with Gasteiger partial charge in [-0.05, 0) is 36.5 Å². The zero-order chi connectivity index (χ0) is 14.7. The molecule has 1 unspecified atom stereocenters. The summed E-state index contributed by atoms with van der Waals surface area (Å²) in [5, 5.41) is 14.2. The highest BCUT2D eigenvalue weighted by Gasteiger charge is 2.35. The molecule has 1 aromatic rings. The van der Waals surface area contributed by atoms with E-state index in [9.17, 15) is 5.11 Å². The number of rotatable bonds is 6. The molecule has 2 fully saturated rings. The highest BCUT2D eigenvalue weighted by molar-refractivity contribution is 5.30. The summed E-state index contributed by atoms with van der Waals surface area (Å²) >= 11 is 0. The van der Waals surface area contributed by atoms with Crippen molar-refractivity contribution in [3.05, 3.63) is 29.8 Å². The van der Waals surface area contributed by atoms with Gasteiger partial charge in [-0.2, -0.15) is 0 Å². The van der Waals surface area contributed by atoms with E-state index in [-0.39, 0.29) is 0 Å². The largest absolute Gasteiger partial charge is 0.497 e. The molecule has 4 nitrogen and oxygen atoms in total. The van der Waals surface area contributed by atoms with Gasteiger partial charge in [0.2, 0.25) is 0 Å². The van der Waals surface area contributed by atoms with Gasteiger partial charge in [0, 0.05) is 38.6 Å². The van der Waals surface area contributed by atoms with Crippen molar-refractivity contribution >= 4 is 0 Å². The smallest absolute Gasteiger partial charge is 0.118 e. The van der Waals surface area contributed by atoms with Crippen LogP contribution in [0.2, 0.25) is 0 Å². The average molecular weight is 291 g/mol. The molecule has 1 saturated heterocycles. The molecule has 2 N–H and O–H groups in total. The van der Waals surface area contributed by atoms with Gasteiger partial charge in [-0.3, -0.25) is 0 Å². The molecular formula is C17H25NO3. The van der Waals surface area contributed by atoms with E-state index < -0.39 is 5.60 Å². The zero-order valence-electron chi connectivity index (χ0n) is 12.7. The van der Waals surface area contributed by atoms with Crippen LogP contribution in [-0.4, -0.2) is 37.6 Å². The number of hydrogen-bond donors (Lipinski definition) is 2. The molecule has 0 bridgehead atoms. The summed E-state index contributed by atoms with van der Waals surface area (Å²) in [5.74, 6) is 1.58. The summed E-state index contributed by atoms with van der Waals surface area (Å²) in [6.45, 7) is 1.97. The van der Waals surface area contributed by atoms with Crippen LogP contribution in [0, 0.1) is 5.92 Å². The molecule has 116 valence electrons. The minimum Gasteiger partial charge on any atom is -0.497 e. The lowest BCUT2D eigenvalue weighted by molar-refractivity contribution is -0.0631. The molecule has 0 aromatic heterocycles. The van der Waals surface area contributed by atoms with Crippen molar-refractivity contribution in [3.8, 4) is 5.75 Å². The maximum Gasteiger partial charge on any atom is 0.118 e. The number of nitrogens with one attached hydrogen (secondary N) is 1. The maximum atomic E-state index is 10.6. The van der Waals surface area contributed by atoms with Crippen LogP contribution < -0.4 is 10.1 Å². The first-order chi connectivity index (χ1) is 10.2. The third-order valence-corrected chi connectivity index (χ3v) is 4.64. The summed E-state index contributed by atoms with van der Waals surface area (Å²) in [6.07, 6.45) is 3.98. The van der Waals surface area contributed by atoms with Gasteiger partial charge in [0.25, 0.3) is 0 Å².